The van der Waals surface area contributed by atoms with Crippen molar-refractivity contribution >= 4 is 28.5 Å². The van der Waals surface area contributed by atoms with E-state index in [4.69, 9.17) is 9.47 Å². The van der Waals surface area contributed by atoms with Gasteiger partial charge in [0.25, 0.3) is 11.5 Å². The van der Waals surface area contributed by atoms with Crippen LogP contribution in [0.2, 0.25) is 0 Å². The summed E-state index contributed by atoms with van der Waals surface area (Å²) in [5, 5.41) is 0.791. The van der Waals surface area contributed by atoms with Gasteiger partial charge in [-0.2, -0.15) is 0 Å². The first-order valence-corrected chi connectivity index (χ1v) is 10.2. The van der Waals surface area contributed by atoms with Crippen molar-refractivity contribution in [2.45, 2.75) is 20.3 Å². The summed E-state index contributed by atoms with van der Waals surface area (Å²) in [5.74, 6) is -0.336. The van der Waals surface area contributed by atoms with E-state index in [-0.39, 0.29) is 18.1 Å². The second-order valence-corrected chi connectivity index (χ2v) is 7.43. The number of nitrogens with one attached hydrogen (secondary N) is 1. The maximum absolute atomic E-state index is 12.8. The summed E-state index contributed by atoms with van der Waals surface area (Å²) in [6.45, 7) is 6.34. The molecule has 30 heavy (non-hydrogen) atoms. The van der Waals surface area contributed by atoms with Gasteiger partial charge in [-0.3, -0.25) is 9.59 Å². The molecule has 0 radical (unpaired) electrons. The number of carbonyl (C=O) groups is 2. The maximum Gasteiger partial charge on any atom is 0.345 e. The molecule has 158 valence electrons. The van der Waals surface area contributed by atoms with Gasteiger partial charge >= 0.3 is 5.97 Å². The van der Waals surface area contributed by atoms with Crippen LogP contribution in [-0.2, 0) is 14.3 Å². The molecule has 1 aromatic carbocycles. The number of amides is 1. The number of aromatic amines is 1. The molecule has 2 aliphatic rings. The first-order valence-electron chi connectivity index (χ1n) is 10.2. The number of benzene rings is 1. The van der Waals surface area contributed by atoms with Crippen LogP contribution in [0.5, 0.6) is 0 Å². The molecule has 2 aromatic rings. The van der Waals surface area contributed by atoms with Gasteiger partial charge in [0, 0.05) is 38.0 Å². The number of ether oxygens (including phenoxy) is 2. The van der Waals surface area contributed by atoms with Gasteiger partial charge in [-0.05, 0) is 32.1 Å². The summed E-state index contributed by atoms with van der Waals surface area (Å²) in [7, 11) is 0. The Morgan fingerprint density at radius 1 is 1.20 bits per heavy atom. The van der Waals surface area contributed by atoms with Crippen molar-refractivity contribution < 1.29 is 19.1 Å². The predicted molar refractivity (Wildman–Crippen MR) is 113 cm³/mol. The van der Waals surface area contributed by atoms with Crippen molar-refractivity contribution in [2.75, 3.05) is 44.3 Å². The zero-order valence-corrected chi connectivity index (χ0v) is 17.2. The van der Waals surface area contributed by atoms with Crippen LogP contribution in [0.4, 0.5) is 5.69 Å². The van der Waals surface area contributed by atoms with Gasteiger partial charge in [0.1, 0.15) is 5.56 Å². The molecule has 0 bridgehead atoms. The fourth-order valence-corrected chi connectivity index (χ4v) is 3.97. The summed E-state index contributed by atoms with van der Waals surface area (Å²) < 4.78 is 10.6. The first kappa shape index (κ1) is 20.0. The van der Waals surface area contributed by atoms with Gasteiger partial charge in [-0.1, -0.05) is 11.6 Å². The van der Waals surface area contributed by atoms with Crippen molar-refractivity contribution in [1.82, 2.24) is 9.88 Å². The number of hydrogen-bond acceptors (Lipinski definition) is 6. The summed E-state index contributed by atoms with van der Waals surface area (Å²) in [6, 6.07) is 5.71. The molecule has 2 aliphatic heterocycles. The lowest BCUT2D eigenvalue weighted by Gasteiger charge is -2.37. The number of carbonyl (C=O) groups excluding carboxylic acids is 2. The van der Waals surface area contributed by atoms with Crippen LogP contribution in [0.25, 0.3) is 10.9 Å². The Labute approximate surface area is 174 Å². The first-order chi connectivity index (χ1) is 14.5. The number of hydrogen-bond donors (Lipinski definition) is 1. The molecule has 4 rings (SSSR count). The average Bonchev–Trinajstić information content (AvgIpc) is 3.28. The lowest BCUT2D eigenvalue weighted by Crippen LogP contribution is -2.50. The number of rotatable bonds is 4. The number of anilines is 1. The minimum atomic E-state index is -0.639. The molecule has 0 atom stereocenters. The fourth-order valence-electron chi connectivity index (χ4n) is 3.97. The number of pyridine rings is 1. The molecule has 0 spiro atoms. The van der Waals surface area contributed by atoms with Crippen molar-refractivity contribution in [1.29, 1.82) is 0 Å². The molecule has 1 amide bonds. The van der Waals surface area contributed by atoms with E-state index in [9.17, 15) is 14.4 Å². The van der Waals surface area contributed by atoms with Gasteiger partial charge in [0.2, 0.25) is 0 Å². The Hall–Kier alpha value is -3.29. The SMILES string of the molecule is CCOC(=O)c1c(N2CCN(C(=O)C3=CCCO3)CC2)c2cc(C)ccc2[nH]c1=O. The second-order valence-electron chi connectivity index (χ2n) is 7.43. The number of esters is 1. The van der Waals surface area contributed by atoms with E-state index in [0.717, 1.165) is 17.4 Å². The summed E-state index contributed by atoms with van der Waals surface area (Å²) in [6.07, 6.45) is 2.57. The van der Waals surface area contributed by atoms with Crippen LogP contribution in [0.3, 0.4) is 0 Å². The molecule has 8 nitrogen and oxygen atoms in total. The van der Waals surface area contributed by atoms with E-state index in [1.54, 1.807) is 11.8 Å². The van der Waals surface area contributed by atoms with Crippen LogP contribution in [0, 0.1) is 6.92 Å². The third-order valence-electron chi connectivity index (χ3n) is 5.42. The lowest BCUT2D eigenvalue weighted by molar-refractivity contribution is -0.130. The Kier molecular flexibility index (Phi) is 5.48. The topological polar surface area (TPSA) is 91.9 Å². The van der Waals surface area contributed by atoms with E-state index >= 15 is 0 Å². The zero-order valence-electron chi connectivity index (χ0n) is 17.2. The fraction of sp³-hybridized carbons (Fsp3) is 0.409. The molecule has 3 heterocycles. The van der Waals surface area contributed by atoms with Crippen molar-refractivity contribution in [3.05, 3.63) is 51.5 Å². The number of aromatic nitrogens is 1. The maximum atomic E-state index is 12.8. The highest BCUT2D eigenvalue weighted by molar-refractivity contribution is 6.05. The van der Waals surface area contributed by atoms with E-state index < -0.39 is 11.5 Å². The van der Waals surface area contributed by atoms with Gasteiger partial charge in [0.15, 0.2) is 5.76 Å². The summed E-state index contributed by atoms with van der Waals surface area (Å²) in [5.41, 5.74) is 1.79. The molecule has 8 heteroatoms. The Balaban J connectivity index is 1.70. The zero-order chi connectivity index (χ0) is 21.3. The van der Waals surface area contributed by atoms with E-state index in [0.29, 0.717) is 49.7 Å². The van der Waals surface area contributed by atoms with Crippen LogP contribution in [-0.4, -0.2) is 61.2 Å². The Bertz CT molecular complexity index is 1080. The van der Waals surface area contributed by atoms with Crippen molar-refractivity contribution in [2.24, 2.45) is 0 Å². The third-order valence-corrected chi connectivity index (χ3v) is 5.42. The normalized spacial score (nSPS) is 16.4. The van der Waals surface area contributed by atoms with Crippen molar-refractivity contribution in [3.8, 4) is 0 Å². The number of piperazine rings is 1. The highest BCUT2D eigenvalue weighted by Gasteiger charge is 2.30. The van der Waals surface area contributed by atoms with Gasteiger partial charge in [-0.25, -0.2) is 4.79 Å². The largest absolute Gasteiger partial charge is 0.488 e. The van der Waals surface area contributed by atoms with Crippen LogP contribution in [0.15, 0.2) is 34.8 Å². The molecule has 0 saturated carbocycles. The predicted octanol–water partition coefficient (Wildman–Crippen LogP) is 1.97. The average molecular weight is 411 g/mol. The van der Waals surface area contributed by atoms with Crippen molar-refractivity contribution in [3.63, 3.8) is 0 Å². The second kappa shape index (κ2) is 8.22. The monoisotopic (exact) mass is 411 g/mol. The van der Waals surface area contributed by atoms with Gasteiger partial charge < -0.3 is 24.3 Å². The van der Waals surface area contributed by atoms with Crippen LogP contribution < -0.4 is 10.5 Å². The molecule has 1 N–H and O–H groups in total. The quantitative estimate of drug-likeness (QED) is 0.774. The number of H-pyrrole nitrogens is 1. The molecule has 0 unspecified atom stereocenters. The number of nitrogens with zero attached hydrogens (tertiary/aromatic N) is 2. The standard InChI is InChI=1S/C22H25N3O5/c1-3-29-22(28)18-19(15-13-14(2)6-7-16(15)23-20(18)26)24-8-10-25(11-9-24)21(27)17-5-4-12-30-17/h5-7,13H,3-4,8-12H2,1-2H3,(H,23,26). The van der Waals surface area contributed by atoms with Crippen LogP contribution in [0.1, 0.15) is 29.3 Å². The summed E-state index contributed by atoms with van der Waals surface area (Å²) in [4.78, 5) is 44.6. The highest BCUT2D eigenvalue weighted by Crippen LogP contribution is 2.30. The van der Waals surface area contributed by atoms with E-state index in [1.165, 1.54) is 0 Å². The molecular formula is C22H25N3O5. The molecule has 1 saturated heterocycles. The Morgan fingerprint density at radius 3 is 2.63 bits per heavy atom. The van der Waals surface area contributed by atoms with E-state index in [1.807, 2.05) is 36.1 Å². The molecule has 1 aromatic heterocycles. The lowest BCUT2D eigenvalue weighted by atomic mass is 10.0. The molecular weight excluding hydrogens is 386 g/mol. The Morgan fingerprint density at radius 2 is 1.97 bits per heavy atom. The van der Waals surface area contributed by atoms with E-state index in [2.05, 4.69) is 4.98 Å². The smallest absolute Gasteiger partial charge is 0.345 e. The number of fused-ring (bicyclic) bond motifs is 1. The highest BCUT2D eigenvalue weighted by atomic mass is 16.5. The minimum absolute atomic E-state index is 0.0107. The van der Waals surface area contributed by atoms with Gasteiger partial charge in [-0.15, -0.1) is 0 Å². The molecule has 1 fully saturated rings. The van der Waals surface area contributed by atoms with Gasteiger partial charge in [0.05, 0.1) is 24.4 Å². The van der Waals surface area contributed by atoms with Crippen LogP contribution >= 0.6 is 0 Å². The molecule has 0 aliphatic carbocycles. The minimum Gasteiger partial charge on any atom is -0.488 e. The summed E-state index contributed by atoms with van der Waals surface area (Å²) >= 11 is 0. The number of aryl methyl sites for hydroxylation is 1. The third kappa shape index (κ3) is 3.65.